The van der Waals surface area contributed by atoms with Crippen molar-refractivity contribution >= 4 is 0 Å². The summed E-state index contributed by atoms with van der Waals surface area (Å²) in [5.41, 5.74) is 0. The number of nitrogens with zero attached hydrogens (tertiary/aromatic N) is 5. The van der Waals surface area contributed by atoms with Crippen molar-refractivity contribution in [3.63, 3.8) is 0 Å². The molecule has 2 aliphatic rings. The van der Waals surface area contributed by atoms with E-state index in [-0.39, 0.29) is 0 Å². The minimum Gasteiger partial charge on any atom is -0.312 e. The van der Waals surface area contributed by atoms with E-state index in [0.717, 1.165) is 25.5 Å². The predicted octanol–water partition coefficient (Wildman–Crippen LogP) is 0.923. The van der Waals surface area contributed by atoms with E-state index in [2.05, 4.69) is 38.5 Å². The van der Waals surface area contributed by atoms with Crippen LogP contribution in [-0.4, -0.2) is 57.8 Å². The Morgan fingerprint density at radius 3 is 2.61 bits per heavy atom. The summed E-state index contributed by atoms with van der Waals surface area (Å²) < 4.78 is 2.37. The maximum Gasteiger partial charge on any atom is 0.147 e. The standard InChI is InChI=1S/C13H23N5/c1-3-17-6-4-11(5-7-17)13-15-14-12-10-16(2)8-9-18(12)13/h11H,3-10H2,1-2H3. The van der Waals surface area contributed by atoms with Crippen molar-refractivity contribution in [2.75, 3.05) is 33.2 Å². The van der Waals surface area contributed by atoms with E-state index in [1.54, 1.807) is 0 Å². The molecule has 0 bridgehead atoms. The van der Waals surface area contributed by atoms with Gasteiger partial charge in [-0.1, -0.05) is 6.92 Å². The monoisotopic (exact) mass is 249 g/mol. The van der Waals surface area contributed by atoms with Gasteiger partial charge in [0.25, 0.3) is 0 Å². The Balaban J connectivity index is 1.74. The second kappa shape index (κ2) is 4.97. The normalized spacial score (nSPS) is 23.2. The largest absolute Gasteiger partial charge is 0.312 e. The lowest BCUT2D eigenvalue weighted by Crippen LogP contribution is -2.35. The lowest BCUT2D eigenvalue weighted by molar-refractivity contribution is 0.212. The third-order valence-electron chi connectivity index (χ3n) is 4.37. The second-order valence-corrected chi connectivity index (χ2v) is 5.57. The van der Waals surface area contributed by atoms with Crippen LogP contribution in [0.2, 0.25) is 0 Å². The lowest BCUT2D eigenvalue weighted by Gasteiger charge is -2.31. The van der Waals surface area contributed by atoms with Crippen molar-refractivity contribution in [1.29, 1.82) is 0 Å². The minimum absolute atomic E-state index is 0.623. The van der Waals surface area contributed by atoms with Crippen molar-refractivity contribution in [1.82, 2.24) is 24.6 Å². The van der Waals surface area contributed by atoms with Gasteiger partial charge in [-0.2, -0.15) is 0 Å². The van der Waals surface area contributed by atoms with Crippen LogP contribution in [0.15, 0.2) is 0 Å². The van der Waals surface area contributed by atoms with Crippen LogP contribution >= 0.6 is 0 Å². The number of likely N-dealkylation sites (N-methyl/N-ethyl adjacent to an activating group) is 1. The van der Waals surface area contributed by atoms with Crippen LogP contribution in [0.3, 0.4) is 0 Å². The number of aromatic nitrogens is 3. The molecule has 1 fully saturated rings. The Labute approximate surface area is 109 Å². The third kappa shape index (κ3) is 2.17. The molecule has 3 rings (SSSR count). The number of piperidine rings is 1. The van der Waals surface area contributed by atoms with E-state index in [0.29, 0.717) is 5.92 Å². The van der Waals surface area contributed by atoms with E-state index >= 15 is 0 Å². The Morgan fingerprint density at radius 2 is 1.89 bits per heavy atom. The van der Waals surface area contributed by atoms with Crippen LogP contribution in [0.5, 0.6) is 0 Å². The maximum atomic E-state index is 4.47. The highest BCUT2D eigenvalue weighted by Crippen LogP contribution is 2.28. The molecular weight excluding hydrogens is 226 g/mol. The Bertz CT molecular complexity index is 406. The summed E-state index contributed by atoms with van der Waals surface area (Å²) in [6, 6.07) is 0. The van der Waals surface area contributed by atoms with Gasteiger partial charge in [-0.25, -0.2) is 0 Å². The van der Waals surface area contributed by atoms with Crippen molar-refractivity contribution in [3.8, 4) is 0 Å². The molecule has 0 radical (unpaired) electrons. The molecule has 5 nitrogen and oxygen atoms in total. The van der Waals surface area contributed by atoms with Gasteiger partial charge in [-0.3, -0.25) is 4.90 Å². The predicted molar refractivity (Wildman–Crippen MR) is 70.4 cm³/mol. The second-order valence-electron chi connectivity index (χ2n) is 5.57. The Hall–Kier alpha value is -0.940. The highest BCUT2D eigenvalue weighted by Gasteiger charge is 2.27. The quantitative estimate of drug-likeness (QED) is 0.781. The van der Waals surface area contributed by atoms with Gasteiger partial charge in [0, 0.05) is 19.0 Å². The van der Waals surface area contributed by atoms with Gasteiger partial charge >= 0.3 is 0 Å². The number of hydrogen-bond donors (Lipinski definition) is 0. The summed E-state index contributed by atoms with van der Waals surface area (Å²) in [5, 5.41) is 8.85. The zero-order chi connectivity index (χ0) is 12.5. The number of hydrogen-bond acceptors (Lipinski definition) is 4. The number of fused-ring (bicyclic) bond motifs is 1. The summed E-state index contributed by atoms with van der Waals surface area (Å²) in [6.07, 6.45) is 2.48. The molecule has 0 N–H and O–H groups in total. The van der Waals surface area contributed by atoms with E-state index < -0.39 is 0 Å². The lowest BCUT2D eigenvalue weighted by atomic mass is 9.96. The molecule has 2 aliphatic heterocycles. The summed E-state index contributed by atoms with van der Waals surface area (Å²) in [4.78, 5) is 4.84. The summed E-state index contributed by atoms with van der Waals surface area (Å²) in [7, 11) is 2.15. The molecule has 3 heterocycles. The third-order valence-corrected chi connectivity index (χ3v) is 4.37. The summed E-state index contributed by atoms with van der Waals surface area (Å²) in [6.45, 7) is 8.96. The topological polar surface area (TPSA) is 37.2 Å². The molecule has 0 aromatic carbocycles. The van der Waals surface area contributed by atoms with Gasteiger partial charge in [0.2, 0.25) is 0 Å². The van der Waals surface area contributed by atoms with Gasteiger partial charge in [0.1, 0.15) is 11.6 Å². The van der Waals surface area contributed by atoms with E-state index in [1.165, 1.54) is 38.3 Å². The first-order valence-electron chi connectivity index (χ1n) is 7.10. The average Bonchev–Trinajstić information content (AvgIpc) is 2.81. The van der Waals surface area contributed by atoms with Crippen LogP contribution in [0.25, 0.3) is 0 Å². The Morgan fingerprint density at radius 1 is 1.11 bits per heavy atom. The maximum absolute atomic E-state index is 4.47. The fourth-order valence-corrected chi connectivity index (χ4v) is 3.11. The van der Waals surface area contributed by atoms with Crippen molar-refractivity contribution < 1.29 is 0 Å². The molecule has 0 saturated carbocycles. The van der Waals surface area contributed by atoms with Crippen molar-refractivity contribution in [2.24, 2.45) is 0 Å². The van der Waals surface area contributed by atoms with E-state index in [1.807, 2.05) is 0 Å². The van der Waals surface area contributed by atoms with E-state index in [9.17, 15) is 0 Å². The fraction of sp³-hybridized carbons (Fsp3) is 0.846. The van der Waals surface area contributed by atoms with Crippen LogP contribution in [-0.2, 0) is 13.1 Å². The SMILES string of the molecule is CCN1CCC(c2nnc3n2CCN(C)C3)CC1. The minimum atomic E-state index is 0.623. The smallest absolute Gasteiger partial charge is 0.147 e. The van der Waals surface area contributed by atoms with Gasteiger partial charge in [0.15, 0.2) is 0 Å². The molecule has 1 aromatic heterocycles. The molecule has 5 heteroatoms. The van der Waals surface area contributed by atoms with Gasteiger partial charge in [-0.05, 0) is 39.5 Å². The molecule has 0 unspecified atom stereocenters. The first kappa shape index (κ1) is 12.1. The zero-order valence-corrected chi connectivity index (χ0v) is 11.5. The molecule has 1 aromatic rings. The van der Waals surface area contributed by atoms with Crippen LogP contribution in [0, 0.1) is 0 Å². The first-order valence-corrected chi connectivity index (χ1v) is 7.10. The molecule has 18 heavy (non-hydrogen) atoms. The van der Waals surface area contributed by atoms with Gasteiger partial charge in [0.05, 0.1) is 6.54 Å². The molecule has 1 saturated heterocycles. The highest BCUT2D eigenvalue weighted by atomic mass is 15.3. The summed E-state index contributed by atoms with van der Waals surface area (Å²) >= 11 is 0. The van der Waals surface area contributed by atoms with E-state index in [4.69, 9.17) is 0 Å². The number of rotatable bonds is 2. The molecule has 0 aliphatic carbocycles. The molecule has 0 amide bonds. The van der Waals surface area contributed by atoms with Crippen molar-refractivity contribution in [3.05, 3.63) is 11.6 Å². The molecule has 100 valence electrons. The average molecular weight is 249 g/mol. The van der Waals surface area contributed by atoms with Crippen LogP contribution in [0.4, 0.5) is 0 Å². The molecular formula is C13H23N5. The molecule has 0 atom stereocenters. The van der Waals surface area contributed by atoms with Crippen molar-refractivity contribution in [2.45, 2.75) is 38.8 Å². The fourth-order valence-electron chi connectivity index (χ4n) is 3.11. The number of likely N-dealkylation sites (tertiary alicyclic amines) is 1. The highest BCUT2D eigenvalue weighted by molar-refractivity contribution is 5.05. The molecule has 0 spiro atoms. The van der Waals surface area contributed by atoms with Crippen LogP contribution < -0.4 is 0 Å². The van der Waals surface area contributed by atoms with Crippen LogP contribution in [0.1, 0.15) is 37.3 Å². The Kier molecular flexibility index (Phi) is 3.35. The van der Waals surface area contributed by atoms with Gasteiger partial charge < -0.3 is 9.47 Å². The first-order chi connectivity index (χ1) is 8.78. The van der Waals surface area contributed by atoms with Gasteiger partial charge in [-0.15, -0.1) is 10.2 Å². The zero-order valence-electron chi connectivity index (χ0n) is 11.5. The summed E-state index contributed by atoms with van der Waals surface area (Å²) in [5.74, 6) is 3.02.